The van der Waals surface area contributed by atoms with Gasteiger partial charge in [-0.2, -0.15) is 26.3 Å². The fourth-order valence-corrected chi connectivity index (χ4v) is 2.17. The van der Waals surface area contributed by atoms with Crippen LogP contribution in [0, 0.1) is 17.3 Å². The van der Waals surface area contributed by atoms with E-state index in [9.17, 15) is 35.9 Å². The summed E-state index contributed by atoms with van der Waals surface area (Å²) in [5, 5.41) is 8.84. The van der Waals surface area contributed by atoms with Crippen LogP contribution in [0.4, 0.5) is 26.3 Å². The van der Waals surface area contributed by atoms with Gasteiger partial charge in [0.15, 0.2) is 0 Å². The van der Waals surface area contributed by atoms with E-state index in [2.05, 4.69) is 4.74 Å². The Morgan fingerprint density at radius 1 is 1.14 bits per heavy atom. The summed E-state index contributed by atoms with van der Waals surface area (Å²) in [6.45, 7) is 3.08. The number of rotatable bonds is 4. The van der Waals surface area contributed by atoms with E-state index in [0.29, 0.717) is 6.08 Å². The lowest BCUT2D eigenvalue weighted by atomic mass is 10.1. The molecule has 1 fully saturated rings. The van der Waals surface area contributed by atoms with Crippen LogP contribution in [0.1, 0.15) is 13.8 Å². The molecule has 0 heterocycles. The molecule has 0 aromatic heterocycles. The molecule has 0 spiro atoms. The summed E-state index contributed by atoms with van der Waals surface area (Å²) >= 11 is 0. The van der Waals surface area contributed by atoms with Gasteiger partial charge in [-0.15, -0.1) is 0 Å². The Labute approximate surface area is 120 Å². The van der Waals surface area contributed by atoms with E-state index in [-0.39, 0.29) is 0 Å². The summed E-state index contributed by atoms with van der Waals surface area (Å²) in [6.07, 6.45) is -14.5. The number of allylic oxidation sites excluding steroid dienone is 1. The van der Waals surface area contributed by atoms with E-state index >= 15 is 0 Å². The second-order valence-electron chi connectivity index (χ2n) is 5.42. The highest BCUT2D eigenvalue weighted by atomic mass is 19.4. The standard InChI is InChI=1S/C12H12F6O4/c1-10(2)5(7(10)8(20)21)3-4-6(19)22-9(11(13,14)15)12(16,17)18/h3-5,7,9H,1-2H3,(H,20,21)/t5?,7-/m0/s1. The number of esters is 1. The average Bonchev–Trinajstić information content (AvgIpc) is 2.82. The fourth-order valence-electron chi connectivity index (χ4n) is 2.17. The summed E-state index contributed by atoms with van der Waals surface area (Å²) in [7, 11) is 0. The van der Waals surface area contributed by atoms with Crippen LogP contribution in [0.5, 0.6) is 0 Å². The molecule has 0 aromatic carbocycles. The van der Waals surface area contributed by atoms with Crippen LogP contribution >= 0.6 is 0 Å². The monoisotopic (exact) mass is 334 g/mol. The summed E-state index contributed by atoms with van der Waals surface area (Å²) < 4.78 is 76.5. The van der Waals surface area contributed by atoms with E-state index in [4.69, 9.17) is 5.11 Å². The number of carboxylic acids is 1. The van der Waals surface area contributed by atoms with Crippen LogP contribution in [-0.4, -0.2) is 35.5 Å². The van der Waals surface area contributed by atoms with Gasteiger partial charge in [0.25, 0.3) is 6.10 Å². The SMILES string of the molecule is CC1(C)C(C=CC(=O)OC(C(F)(F)F)C(F)(F)F)[C@H]1C(=O)O. The molecule has 22 heavy (non-hydrogen) atoms. The molecule has 1 rings (SSSR count). The molecule has 0 radical (unpaired) electrons. The van der Waals surface area contributed by atoms with Gasteiger partial charge in [-0.05, 0) is 11.3 Å². The zero-order valence-corrected chi connectivity index (χ0v) is 11.3. The zero-order valence-electron chi connectivity index (χ0n) is 11.3. The van der Waals surface area contributed by atoms with Crippen molar-refractivity contribution in [2.24, 2.45) is 17.3 Å². The van der Waals surface area contributed by atoms with Crippen molar-refractivity contribution >= 4 is 11.9 Å². The number of carbonyl (C=O) groups excluding carboxylic acids is 1. The first-order valence-corrected chi connectivity index (χ1v) is 5.94. The first-order chi connectivity index (χ1) is 9.69. The third kappa shape index (κ3) is 3.92. The first-order valence-electron chi connectivity index (χ1n) is 5.94. The van der Waals surface area contributed by atoms with Crippen molar-refractivity contribution in [2.45, 2.75) is 32.3 Å². The van der Waals surface area contributed by atoms with Crippen LogP contribution in [0.25, 0.3) is 0 Å². The van der Waals surface area contributed by atoms with E-state index in [0.717, 1.165) is 6.08 Å². The van der Waals surface area contributed by atoms with Crippen molar-refractivity contribution in [3.63, 3.8) is 0 Å². The number of halogens is 6. The van der Waals surface area contributed by atoms with Crippen molar-refractivity contribution in [3.8, 4) is 0 Å². The van der Waals surface area contributed by atoms with Crippen LogP contribution in [0.15, 0.2) is 12.2 Å². The highest BCUT2D eigenvalue weighted by Gasteiger charge is 2.61. The summed E-state index contributed by atoms with van der Waals surface area (Å²) in [4.78, 5) is 21.9. The van der Waals surface area contributed by atoms with Crippen molar-refractivity contribution in [1.82, 2.24) is 0 Å². The molecule has 126 valence electrons. The van der Waals surface area contributed by atoms with Crippen LogP contribution < -0.4 is 0 Å². The lowest BCUT2D eigenvalue weighted by Gasteiger charge is -2.22. The average molecular weight is 334 g/mol. The molecule has 0 aromatic rings. The smallest absolute Gasteiger partial charge is 0.434 e. The summed E-state index contributed by atoms with van der Waals surface area (Å²) in [6, 6.07) is 0. The third-order valence-electron chi connectivity index (χ3n) is 3.44. The molecule has 0 amide bonds. The predicted molar refractivity (Wildman–Crippen MR) is 59.5 cm³/mol. The molecule has 10 heteroatoms. The van der Waals surface area contributed by atoms with Crippen LogP contribution in [0.2, 0.25) is 0 Å². The zero-order chi connectivity index (χ0) is 17.5. The lowest BCUT2D eigenvalue weighted by Crippen LogP contribution is -2.45. The number of ether oxygens (including phenoxy) is 1. The fraction of sp³-hybridized carbons (Fsp3) is 0.667. The number of carboxylic acid groups (broad SMARTS) is 1. The van der Waals surface area contributed by atoms with Gasteiger partial charge in [0, 0.05) is 6.08 Å². The van der Waals surface area contributed by atoms with Crippen molar-refractivity contribution in [3.05, 3.63) is 12.2 Å². The molecule has 0 saturated heterocycles. The van der Waals surface area contributed by atoms with Gasteiger partial charge in [-0.25, -0.2) is 4.79 Å². The molecule has 4 nitrogen and oxygen atoms in total. The molecular weight excluding hydrogens is 322 g/mol. The maximum atomic E-state index is 12.2. The Bertz CT molecular complexity index is 477. The Hall–Kier alpha value is -1.74. The lowest BCUT2D eigenvalue weighted by molar-refractivity contribution is -0.312. The van der Waals surface area contributed by atoms with Gasteiger partial charge < -0.3 is 9.84 Å². The molecule has 0 aliphatic heterocycles. The van der Waals surface area contributed by atoms with Crippen LogP contribution in [0.3, 0.4) is 0 Å². The number of hydrogen-bond acceptors (Lipinski definition) is 3. The van der Waals surface area contributed by atoms with Gasteiger partial charge in [0.2, 0.25) is 0 Å². The van der Waals surface area contributed by atoms with E-state index < -0.39 is 47.6 Å². The highest BCUT2D eigenvalue weighted by Crippen LogP contribution is 2.59. The third-order valence-corrected chi connectivity index (χ3v) is 3.44. The van der Waals surface area contributed by atoms with Gasteiger partial charge in [0.05, 0.1) is 5.92 Å². The maximum Gasteiger partial charge on any atom is 0.434 e. The Morgan fingerprint density at radius 3 is 1.91 bits per heavy atom. The molecule has 0 bridgehead atoms. The molecule has 1 aliphatic carbocycles. The normalized spacial score (nSPS) is 24.6. The van der Waals surface area contributed by atoms with Crippen LogP contribution in [-0.2, 0) is 14.3 Å². The van der Waals surface area contributed by atoms with E-state index in [1.165, 1.54) is 0 Å². The second kappa shape index (κ2) is 5.47. The van der Waals surface area contributed by atoms with Gasteiger partial charge in [0.1, 0.15) is 0 Å². The quantitative estimate of drug-likeness (QED) is 0.488. The van der Waals surface area contributed by atoms with E-state index in [1.807, 2.05) is 0 Å². The summed E-state index contributed by atoms with van der Waals surface area (Å²) in [5.74, 6) is -4.55. The van der Waals surface area contributed by atoms with Gasteiger partial charge in [-0.1, -0.05) is 19.9 Å². The minimum Gasteiger partial charge on any atom is -0.481 e. The molecule has 2 atom stereocenters. The minimum atomic E-state index is -5.79. The molecule has 1 N–H and O–H groups in total. The molecule has 1 unspecified atom stereocenters. The number of hydrogen-bond donors (Lipinski definition) is 1. The largest absolute Gasteiger partial charge is 0.481 e. The van der Waals surface area contributed by atoms with Crippen molar-refractivity contribution in [2.75, 3.05) is 0 Å². The van der Waals surface area contributed by atoms with Gasteiger partial charge >= 0.3 is 24.3 Å². The van der Waals surface area contributed by atoms with Crippen molar-refractivity contribution in [1.29, 1.82) is 0 Å². The molecule has 1 aliphatic rings. The second-order valence-corrected chi connectivity index (χ2v) is 5.42. The Morgan fingerprint density at radius 2 is 1.59 bits per heavy atom. The summed E-state index contributed by atoms with van der Waals surface area (Å²) in [5.41, 5.74) is -0.740. The highest BCUT2D eigenvalue weighted by molar-refractivity contribution is 5.83. The molecule has 1 saturated carbocycles. The Kier molecular flexibility index (Phi) is 4.55. The number of aliphatic carboxylic acids is 1. The Balaban J connectivity index is 2.74. The number of alkyl halides is 6. The predicted octanol–water partition coefficient (Wildman–Crippen LogP) is 2.94. The maximum absolute atomic E-state index is 12.2. The first kappa shape index (κ1) is 18.3. The van der Waals surface area contributed by atoms with E-state index in [1.54, 1.807) is 13.8 Å². The molecular formula is C12H12F6O4. The topological polar surface area (TPSA) is 63.6 Å². The van der Waals surface area contributed by atoms with Gasteiger partial charge in [-0.3, -0.25) is 4.79 Å². The van der Waals surface area contributed by atoms with Crippen molar-refractivity contribution < 1.29 is 45.8 Å². The minimum absolute atomic E-state index is 0.389. The number of carbonyl (C=O) groups is 2.